The van der Waals surface area contributed by atoms with Crippen molar-refractivity contribution in [3.63, 3.8) is 0 Å². The van der Waals surface area contributed by atoms with Gasteiger partial charge in [0, 0.05) is 32.8 Å². The van der Waals surface area contributed by atoms with E-state index in [0.29, 0.717) is 45.0 Å². The van der Waals surface area contributed by atoms with E-state index < -0.39 is 16.1 Å². The molecule has 9 heteroatoms. The Bertz CT molecular complexity index is 827. The zero-order valence-corrected chi connectivity index (χ0v) is 17.5. The fourth-order valence-corrected chi connectivity index (χ4v) is 5.55. The van der Waals surface area contributed by atoms with Gasteiger partial charge in [0.15, 0.2) is 0 Å². The number of benzene rings is 1. The van der Waals surface area contributed by atoms with Crippen LogP contribution in [0.15, 0.2) is 23.1 Å². The summed E-state index contributed by atoms with van der Waals surface area (Å²) in [7, 11) is -3.63. The number of piperidine rings is 1. The second-order valence-corrected chi connectivity index (χ2v) is 9.67. The first kappa shape index (κ1) is 20.6. The fraction of sp³-hybridized carbons (Fsp3) is 0.650. The van der Waals surface area contributed by atoms with Crippen molar-refractivity contribution in [2.75, 3.05) is 56.2 Å². The number of rotatable bonds is 5. The smallest absolute Gasteiger partial charge is 0.253 e. The van der Waals surface area contributed by atoms with Crippen molar-refractivity contribution in [2.45, 2.75) is 43.1 Å². The number of hydrogen-bond donors (Lipinski definition) is 1. The molecule has 0 bridgehead atoms. The number of anilines is 2. The summed E-state index contributed by atoms with van der Waals surface area (Å²) in [6.45, 7) is 3.86. The van der Waals surface area contributed by atoms with Gasteiger partial charge in [0.2, 0.25) is 10.0 Å². The summed E-state index contributed by atoms with van der Waals surface area (Å²) in [5.41, 5.74) is 1.42. The highest BCUT2D eigenvalue weighted by Gasteiger charge is 2.29. The van der Waals surface area contributed by atoms with Crippen LogP contribution in [-0.2, 0) is 24.3 Å². The summed E-state index contributed by atoms with van der Waals surface area (Å²) < 4.78 is 38.4. The second kappa shape index (κ2) is 8.99. The molecule has 0 radical (unpaired) electrons. The molecule has 0 saturated carbocycles. The van der Waals surface area contributed by atoms with E-state index in [0.717, 1.165) is 38.0 Å². The van der Waals surface area contributed by atoms with Gasteiger partial charge in [-0.25, -0.2) is 8.42 Å². The zero-order chi connectivity index (χ0) is 20.3. The number of amides is 1. The summed E-state index contributed by atoms with van der Waals surface area (Å²) in [5, 5.41) is 2.95. The van der Waals surface area contributed by atoms with Gasteiger partial charge in [-0.05, 0) is 50.3 Å². The summed E-state index contributed by atoms with van der Waals surface area (Å²) in [4.78, 5) is 15.1. The summed E-state index contributed by atoms with van der Waals surface area (Å²) in [6, 6.07) is 5.07. The van der Waals surface area contributed by atoms with Crippen molar-refractivity contribution in [1.29, 1.82) is 0 Å². The molecule has 3 saturated heterocycles. The third-order valence-electron chi connectivity index (χ3n) is 5.75. The highest BCUT2D eigenvalue weighted by atomic mass is 32.2. The largest absolute Gasteiger partial charge is 0.379 e. The van der Waals surface area contributed by atoms with Crippen molar-refractivity contribution in [1.82, 2.24) is 4.31 Å². The maximum atomic E-state index is 13.1. The molecule has 1 N–H and O–H groups in total. The van der Waals surface area contributed by atoms with Crippen LogP contribution < -0.4 is 10.2 Å². The third kappa shape index (κ3) is 4.58. The Balaban J connectivity index is 1.64. The Kier molecular flexibility index (Phi) is 6.38. The molecule has 3 fully saturated rings. The monoisotopic (exact) mass is 423 g/mol. The van der Waals surface area contributed by atoms with Crippen LogP contribution in [0.1, 0.15) is 32.1 Å². The van der Waals surface area contributed by atoms with Crippen molar-refractivity contribution in [3.05, 3.63) is 18.2 Å². The first-order chi connectivity index (χ1) is 14.1. The van der Waals surface area contributed by atoms with Crippen LogP contribution in [0.3, 0.4) is 0 Å². The van der Waals surface area contributed by atoms with Crippen molar-refractivity contribution < 1.29 is 22.7 Å². The SMILES string of the molecule is O=C(Nc1cc(S(=O)(=O)N2CCOCC2)ccc1N1CCCCC1)C1CCCO1. The Morgan fingerprint density at radius 1 is 1.00 bits per heavy atom. The molecule has 0 aliphatic carbocycles. The van der Waals surface area contributed by atoms with E-state index in [9.17, 15) is 13.2 Å². The number of hydrogen-bond acceptors (Lipinski definition) is 6. The molecule has 1 unspecified atom stereocenters. The number of sulfonamides is 1. The van der Waals surface area contributed by atoms with Gasteiger partial charge >= 0.3 is 0 Å². The molecule has 1 aromatic carbocycles. The quantitative estimate of drug-likeness (QED) is 0.777. The lowest BCUT2D eigenvalue weighted by atomic mass is 10.1. The summed E-state index contributed by atoms with van der Waals surface area (Å²) in [6.07, 6.45) is 4.46. The Morgan fingerprint density at radius 2 is 1.76 bits per heavy atom. The molecule has 1 atom stereocenters. The predicted octanol–water partition coefficient (Wildman–Crippen LogP) is 1.82. The number of carbonyl (C=O) groups excluding carboxylic acids is 1. The van der Waals surface area contributed by atoms with Crippen LogP contribution in [0.2, 0.25) is 0 Å². The van der Waals surface area contributed by atoms with E-state index in [2.05, 4.69) is 10.2 Å². The lowest BCUT2D eigenvalue weighted by Gasteiger charge is -2.31. The first-order valence-electron chi connectivity index (χ1n) is 10.4. The zero-order valence-electron chi connectivity index (χ0n) is 16.6. The van der Waals surface area contributed by atoms with E-state index >= 15 is 0 Å². The maximum absolute atomic E-state index is 13.1. The van der Waals surface area contributed by atoms with E-state index in [1.54, 1.807) is 12.1 Å². The van der Waals surface area contributed by atoms with Gasteiger partial charge in [0.25, 0.3) is 5.91 Å². The summed E-state index contributed by atoms with van der Waals surface area (Å²) >= 11 is 0. The molecule has 3 heterocycles. The molecule has 4 rings (SSSR count). The molecule has 8 nitrogen and oxygen atoms in total. The van der Waals surface area contributed by atoms with Crippen LogP contribution in [0, 0.1) is 0 Å². The van der Waals surface area contributed by atoms with E-state index in [1.807, 2.05) is 6.07 Å². The van der Waals surface area contributed by atoms with Crippen molar-refractivity contribution in [2.24, 2.45) is 0 Å². The van der Waals surface area contributed by atoms with E-state index in [1.165, 1.54) is 10.7 Å². The average molecular weight is 424 g/mol. The number of nitrogens with zero attached hydrogens (tertiary/aromatic N) is 2. The van der Waals surface area contributed by atoms with Gasteiger partial charge in [-0.3, -0.25) is 4.79 Å². The lowest BCUT2D eigenvalue weighted by Crippen LogP contribution is -2.40. The molecule has 29 heavy (non-hydrogen) atoms. The Morgan fingerprint density at radius 3 is 2.45 bits per heavy atom. The van der Waals surface area contributed by atoms with Crippen molar-refractivity contribution in [3.8, 4) is 0 Å². The number of morpholine rings is 1. The minimum absolute atomic E-state index is 0.197. The minimum Gasteiger partial charge on any atom is -0.379 e. The standard InChI is InChI=1S/C20H29N3O5S/c24-20(19-5-4-12-28-19)21-17-15-16(29(25,26)23-10-13-27-14-11-23)6-7-18(17)22-8-2-1-3-9-22/h6-7,15,19H,1-5,8-14H2,(H,21,24). The van der Waals surface area contributed by atoms with Crippen LogP contribution in [-0.4, -0.2) is 70.7 Å². The molecule has 1 aromatic rings. The topological polar surface area (TPSA) is 88.2 Å². The molecule has 0 aromatic heterocycles. The van der Waals surface area contributed by atoms with Gasteiger partial charge < -0.3 is 19.7 Å². The Hall–Kier alpha value is -1.68. The molecule has 3 aliphatic rings. The van der Waals surface area contributed by atoms with Crippen LogP contribution in [0.5, 0.6) is 0 Å². The van der Waals surface area contributed by atoms with Crippen molar-refractivity contribution >= 4 is 27.3 Å². The molecule has 0 spiro atoms. The maximum Gasteiger partial charge on any atom is 0.253 e. The lowest BCUT2D eigenvalue weighted by molar-refractivity contribution is -0.124. The number of carbonyl (C=O) groups is 1. The average Bonchev–Trinajstić information content (AvgIpc) is 3.30. The summed E-state index contributed by atoms with van der Waals surface area (Å²) in [5.74, 6) is -0.207. The predicted molar refractivity (Wildman–Crippen MR) is 110 cm³/mol. The normalized spacial score (nSPS) is 23.9. The van der Waals surface area contributed by atoms with Gasteiger partial charge in [0.1, 0.15) is 6.10 Å². The van der Waals surface area contributed by atoms with Gasteiger partial charge in [0.05, 0.1) is 29.5 Å². The van der Waals surface area contributed by atoms with Gasteiger partial charge in [-0.2, -0.15) is 4.31 Å². The van der Waals surface area contributed by atoms with Crippen LogP contribution >= 0.6 is 0 Å². The third-order valence-corrected chi connectivity index (χ3v) is 7.65. The van der Waals surface area contributed by atoms with Gasteiger partial charge in [-0.1, -0.05) is 0 Å². The highest BCUT2D eigenvalue weighted by Crippen LogP contribution is 2.32. The van der Waals surface area contributed by atoms with E-state index in [4.69, 9.17) is 9.47 Å². The first-order valence-corrected chi connectivity index (χ1v) is 11.9. The van der Waals surface area contributed by atoms with Crippen LogP contribution in [0.4, 0.5) is 11.4 Å². The fourth-order valence-electron chi connectivity index (χ4n) is 4.12. The number of ether oxygens (including phenoxy) is 2. The van der Waals surface area contributed by atoms with Crippen LogP contribution in [0.25, 0.3) is 0 Å². The molecule has 3 aliphatic heterocycles. The highest BCUT2D eigenvalue weighted by molar-refractivity contribution is 7.89. The molecular formula is C20H29N3O5S. The Labute approximate surface area is 172 Å². The van der Waals surface area contributed by atoms with E-state index in [-0.39, 0.29) is 10.8 Å². The minimum atomic E-state index is -3.63. The molecular weight excluding hydrogens is 394 g/mol. The van der Waals surface area contributed by atoms with Gasteiger partial charge in [-0.15, -0.1) is 0 Å². The number of nitrogens with one attached hydrogen (secondary N) is 1. The molecule has 1 amide bonds. The second-order valence-electron chi connectivity index (χ2n) is 7.73. The molecule has 160 valence electrons.